The SMILES string of the molecule is COc1cccc2c1C(NCC(C)C)CC1(CCCC1)O2. The molecule has 0 amide bonds. The summed E-state index contributed by atoms with van der Waals surface area (Å²) in [6, 6.07) is 6.51. The van der Waals surface area contributed by atoms with E-state index < -0.39 is 0 Å². The van der Waals surface area contributed by atoms with Crippen LogP contribution in [0.5, 0.6) is 11.5 Å². The molecule has 1 aromatic rings. The van der Waals surface area contributed by atoms with Crippen LogP contribution in [0.15, 0.2) is 18.2 Å². The summed E-state index contributed by atoms with van der Waals surface area (Å²) in [5.74, 6) is 2.61. The van der Waals surface area contributed by atoms with Crippen LogP contribution in [0.25, 0.3) is 0 Å². The van der Waals surface area contributed by atoms with Gasteiger partial charge in [-0.15, -0.1) is 0 Å². The number of benzene rings is 1. The standard InChI is InChI=1S/C18H27NO2/c1-13(2)12-19-14-11-18(9-4-5-10-18)21-16-8-6-7-15(20-3)17(14)16/h6-8,13-14,19H,4-5,9-12H2,1-3H3. The Hall–Kier alpha value is -1.22. The van der Waals surface area contributed by atoms with E-state index in [0.717, 1.165) is 24.5 Å². The number of ether oxygens (including phenoxy) is 2. The molecular weight excluding hydrogens is 262 g/mol. The first kappa shape index (κ1) is 14.7. The molecule has 1 N–H and O–H groups in total. The van der Waals surface area contributed by atoms with Crippen molar-refractivity contribution in [2.45, 2.75) is 57.6 Å². The van der Waals surface area contributed by atoms with Crippen LogP contribution >= 0.6 is 0 Å². The average molecular weight is 289 g/mol. The first-order valence-corrected chi connectivity index (χ1v) is 8.23. The van der Waals surface area contributed by atoms with Crippen molar-refractivity contribution in [2.75, 3.05) is 13.7 Å². The van der Waals surface area contributed by atoms with E-state index in [-0.39, 0.29) is 5.60 Å². The summed E-state index contributed by atoms with van der Waals surface area (Å²) in [6.45, 7) is 5.53. The maximum atomic E-state index is 6.44. The zero-order valence-electron chi connectivity index (χ0n) is 13.4. The number of rotatable bonds is 4. The van der Waals surface area contributed by atoms with E-state index >= 15 is 0 Å². The van der Waals surface area contributed by atoms with Crippen LogP contribution in [0.2, 0.25) is 0 Å². The molecule has 3 rings (SSSR count). The quantitative estimate of drug-likeness (QED) is 0.906. The molecule has 1 saturated carbocycles. The van der Waals surface area contributed by atoms with Crippen molar-refractivity contribution in [1.29, 1.82) is 0 Å². The van der Waals surface area contributed by atoms with Gasteiger partial charge in [-0.05, 0) is 50.3 Å². The second-order valence-corrected chi connectivity index (χ2v) is 6.92. The van der Waals surface area contributed by atoms with Gasteiger partial charge in [0, 0.05) is 12.5 Å². The molecule has 21 heavy (non-hydrogen) atoms. The molecular formula is C18H27NO2. The first-order chi connectivity index (χ1) is 10.1. The predicted molar refractivity (Wildman–Crippen MR) is 85.0 cm³/mol. The fraction of sp³-hybridized carbons (Fsp3) is 0.667. The number of methoxy groups -OCH3 is 1. The van der Waals surface area contributed by atoms with Crippen molar-refractivity contribution in [1.82, 2.24) is 5.32 Å². The Labute approximate surface area is 128 Å². The average Bonchev–Trinajstić information content (AvgIpc) is 2.91. The van der Waals surface area contributed by atoms with Gasteiger partial charge in [0.1, 0.15) is 17.1 Å². The highest BCUT2D eigenvalue weighted by atomic mass is 16.5. The Morgan fingerprint density at radius 2 is 2.10 bits per heavy atom. The lowest BCUT2D eigenvalue weighted by Crippen LogP contribution is -2.42. The molecule has 1 atom stereocenters. The maximum Gasteiger partial charge on any atom is 0.128 e. The van der Waals surface area contributed by atoms with Crippen LogP contribution in [-0.4, -0.2) is 19.3 Å². The van der Waals surface area contributed by atoms with Crippen LogP contribution in [0, 0.1) is 5.92 Å². The van der Waals surface area contributed by atoms with E-state index in [2.05, 4.69) is 25.2 Å². The Bertz CT molecular complexity index is 492. The molecule has 1 fully saturated rings. The number of fused-ring (bicyclic) bond motifs is 1. The second kappa shape index (κ2) is 5.88. The fourth-order valence-electron chi connectivity index (χ4n) is 3.76. The van der Waals surface area contributed by atoms with Gasteiger partial charge >= 0.3 is 0 Å². The van der Waals surface area contributed by atoms with Gasteiger partial charge in [-0.1, -0.05) is 19.9 Å². The lowest BCUT2D eigenvalue weighted by atomic mass is 9.85. The molecule has 1 aromatic carbocycles. The third kappa shape index (κ3) is 2.89. The summed E-state index contributed by atoms with van der Waals surface area (Å²) in [6.07, 6.45) is 6.01. The van der Waals surface area contributed by atoms with E-state index in [0.29, 0.717) is 12.0 Å². The Balaban J connectivity index is 1.93. The molecule has 1 aliphatic heterocycles. The Morgan fingerprint density at radius 3 is 2.76 bits per heavy atom. The van der Waals surface area contributed by atoms with Crippen molar-refractivity contribution in [3.63, 3.8) is 0 Å². The van der Waals surface area contributed by atoms with Gasteiger partial charge in [0.2, 0.25) is 0 Å². The molecule has 1 unspecified atom stereocenters. The second-order valence-electron chi connectivity index (χ2n) is 6.92. The van der Waals surface area contributed by atoms with Crippen LogP contribution in [0.3, 0.4) is 0 Å². The molecule has 1 spiro atoms. The van der Waals surface area contributed by atoms with E-state index in [9.17, 15) is 0 Å². The van der Waals surface area contributed by atoms with Gasteiger partial charge in [-0.3, -0.25) is 0 Å². The summed E-state index contributed by atoms with van der Waals surface area (Å²) in [4.78, 5) is 0. The van der Waals surface area contributed by atoms with Gasteiger partial charge < -0.3 is 14.8 Å². The summed E-state index contributed by atoms with van der Waals surface area (Å²) in [7, 11) is 1.75. The van der Waals surface area contributed by atoms with Crippen molar-refractivity contribution >= 4 is 0 Å². The van der Waals surface area contributed by atoms with Crippen molar-refractivity contribution in [3.8, 4) is 11.5 Å². The highest BCUT2D eigenvalue weighted by Crippen LogP contribution is 2.49. The van der Waals surface area contributed by atoms with E-state index in [1.54, 1.807) is 7.11 Å². The highest BCUT2D eigenvalue weighted by Gasteiger charge is 2.43. The minimum absolute atomic E-state index is 0.0496. The van der Waals surface area contributed by atoms with Crippen LogP contribution in [0.1, 0.15) is 57.6 Å². The minimum Gasteiger partial charge on any atom is -0.496 e. The number of hydrogen-bond acceptors (Lipinski definition) is 3. The summed E-state index contributed by atoms with van der Waals surface area (Å²) in [5, 5.41) is 3.74. The number of hydrogen-bond donors (Lipinski definition) is 1. The van der Waals surface area contributed by atoms with Gasteiger partial charge in [0.25, 0.3) is 0 Å². The molecule has 0 bridgehead atoms. The van der Waals surface area contributed by atoms with Crippen LogP contribution in [-0.2, 0) is 0 Å². The Morgan fingerprint density at radius 1 is 1.33 bits per heavy atom. The molecule has 1 heterocycles. The molecule has 0 saturated heterocycles. The Kier molecular flexibility index (Phi) is 4.12. The van der Waals surface area contributed by atoms with E-state index in [1.165, 1.54) is 31.2 Å². The van der Waals surface area contributed by atoms with Gasteiger partial charge in [-0.2, -0.15) is 0 Å². The molecule has 116 valence electrons. The van der Waals surface area contributed by atoms with Gasteiger partial charge in [-0.25, -0.2) is 0 Å². The minimum atomic E-state index is 0.0496. The lowest BCUT2D eigenvalue weighted by Gasteiger charge is -2.41. The molecule has 3 nitrogen and oxygen atoms in total. The van der Waals surface area contributed by atoms with Crippen molar-refractivity contribution in [2.24, 2.45) is 5.92 Å². The largest absolute Gasteiger partial charge is 0.496 e. The lowest BCUT2D eigenvalue weighted by molar-refractivity contribution is 0.0353. The van der Waals surface area contributed by atoms with Crippen LogP contribution in [0.4, 0.5) is 0 Å². The maximum absolute atomic E-state index is 6.44. The van der Waals surface area contributed by atoms with Crippen molar-refractivity contribution in [3.05, 3.63) is 23.8 Å². The normalized spacial score (nSPS) is 23.1. The molecule has 0 aromatic heterocycles. The monoisotopic (exact) mass is 289 g/mol. The third-order valence-electron chi connectivity index (χ3n) is 4.78. The van der Waals surface area contributed by atoms with E-state index in [1.807, 2.05) is 12.1 Å². The molecule has 1 aliphatic carbocycles. The topological polar surface area (TPSA) is 30.5 Å². The summed E-state index contributed by atoms with van der Waals surface area (Å²) in [5.41, 5.74) is 1.26. The van der Waals surface area contributed by atoms with Crippen LogP contribution < -0.4 is 14.8 Å². The highest BCUT2D eigenvalue weighted by molar-refractivity contribution is 5.49. The first-order valence-electron chi connectivity index (χ1n) is 8.23. The van der Waals surface area contributed by atoms with Gasteiger partial charge in [0.05, 0.1) is 12.7 Å². The molecule has 2 aliphatic rings. The third-order valence-corrected chi connectivity index (χ3v) is 4.78. The summed E-state index contributed by atoms with van der Waals surface area (Å²) < 4.78 is 12.0. The summed E-state index contributed by atoms with van der Waals surface area (Å²) >= 11 is 0. The van der Waals surface area contributed by atoms with E-state index in [4.69, 9.17) is 9.47 Å². The zero-order chi connectivity index (χ0) is 14.9. The molecule has 0 radical (unpaired) electrons. The molecule has 3 heteroatoms. The zero-order valence-corrected chi connectivity index (χ0v) is 13.4. The fourth-order valence-corrected chi connectivity index (χ4v) is 3.76. The smallest absolute Gasteiger partial charge is 0.128 e. The number of nitrogens with one attached hydrogen (secondary N) is 1. The predicted octanol–water partition coefficient (Wildman–Crippen LogP) is 4.08. The van der Waals surface area contributed by atoms with Crippen molar-refractivity contribution < 1.29 is 9.47 Å². The van der Waals surface area contributed by atoms with Gasteiger partial charge in [0.15, 0.2) is 0 Å².